The van der Waals surface area contributed by atoms with Crippen LogP contribution in [0.5, 0.6) is 11.8 Å². The highest BCUT2D eigenvalue weighted by atomic mass is 16.3. The van der Waals surface area contributed by atoms with Crippen LogP contribution in [0.3, 0.4) is 0 Å². The van der Waals surface area contributed by atoms with Gasteiger partial charge in [-0.3, -0.25) is 9.55 Å². The van der Waals surface area contributed by atoms with Crippen LogP contribution in [-0.2, 0) is 12.8 Å². The molecule has 106 valence electrons. The van der Waals surface area contributed by atoms with Gasteiger partial charge in [0.25, 0.3) is 0 Å². The van der Waals surface area contributed by atoms with E-state index in [0.717, 1.165) is 53.4 Å². The Kier molecular flexibility index (Phi) is 2.64. The average Bonchev–Trinajstić information content (AvgIpc) is 2.79. The molecule has 4 nitrogen and oxygen atoms in total. The molecule has 3 aromatic rings. The highest BCUT2D eigenvalue weighted by Gasteiger charge is 2.25. The molecule has 0 bridgehead atoms. The molecular weight excluding hydrogens is 264 g/mol. The van der Waals surface area contributed by atoms with Gasteiger partial charge < -0.3 is 10.2 Å². The van der Waals surface area contributed by atoms with Crippen molar-refractivity contribution in [2.45, 2.75) is 25.7 Å². The van der Waals surface area contributed by atoms with Gasteiger partial charge in [-0.05, 0) is 49.9 Å². The lowest BCUT2D eigenvalue weighted by molar-refractivity contribution is 0.400. The van der Waals surface area contributed by atoms with E-state index < -0.39 is 0 Å². The molecule has 0 fully saturated rings. The molecule has 2 aromatic heterocycles. The summed E-state index contributed by atoms with van der Waals surface area (Å²) < 4.78 is 1.56. The van der Waals surface area contributed by atoms with E-state index in [1.807, 2.05) is 30.3 Å². The van der Waals surface area contributed by atoms with Gasteiger partial charge in [0.1, 0.15) is 0 Å². The Morgan fingerprint density at radius 1 is 0.905 bits per heavy atom. The number of aromatic hydroxyl groups is 2. The molecule has 1 aliphatic rings. The number of nitrogens with zero attached hydrogens (tertiary/aromatic N) is 2. The number of pyridine rings is 1. The summed E-state index contributed by atoms with van der Waals surface area (Å²) in [6.45, 7) is 0. The first-order chi connectivity index (χ1) is 10.3. The van der Waals surface area contributed by atoms with E-state index in [1.54, 1.807) is 10.8 Å². The molecule has 0 atom stereocenters. The summed E-state index contributed by atoms with van der Waals surface area (Å²) in [6, 6.07) is 9.53. The smallest absolute Gasteiger partial charge is 0.202 e. The molecule has 0 radical (unpaired) electrons. The van der Waals surface area contributed by atoms with E-state index in [1.165, 1.54) is 0 Å². The summed E-state index contributed by atoms with van der Waals surface area (Å²) >= 11 is 0. The second-order valence-corrected chi connectivity index (χ2v) is 5.49. The Balaban J connectivity index is 2.04. The molecule has 0 aliphatic heterocycles. The predicted molar refractivity (Wildman–Crippen MR) is 81.0 cm³/mol. The molecular formula is C17H16N2O2. The van der Waals surface area contributed by atoms with E-state index in [0.29, 0.717) is 0 Å². The molecule has 1 aliphatic carbocycles. The van der Waals surface area contributed by atoms with E-state index >= 15 is 0 Å². The fourth-order valence-electron chi connectivity index (χ4n) is 3.28. The van der Waals surface area contributed by atoms with Crippen molar-refractivity contribution >= 4 is 10.9 Å². The molecule has 1 aromatic carbocycles. The van der Waals surface area contributed by atoms with Crippen LogP contribution in [-0.4, -0.2) is 19.8 Å². The van der Waals surface area contributed by atoms with Gasteiger partial charge in [-0.15, -0.1) is 0 Å². The summed E-state index contributed by atoms with van der Waals surface area (Å²) in [5, 5.41) is 22.0. The number of fused-ring (bicyclic) bond motifs is 2. The SMILES string of the molecule is Oc1c2c(c(O)n1-c1cccc3ncccc13)CCCC2. The van der Waals surface area contributed by atoms with E-state index in [-0.39, 0.29) is 11.8 Å². The summed E-state index contributed by atoms with van der Waals surface area (Å²) in [5.41, 5.74) is 3.39. The van der Waals surface area contributed by atoms with Crippen molar-refractivity contribution in [2.75, 3.05) is 0 Å². The standard InChI is InChI=1S/C17H16N2O2/c20-16-11-5-1-2-6-12(11)17(21)19(16)15-9-3-8-14-13(15)7-4-10-18-14/h3-4,7-10,20-21H,1-2,5-6H2. The number of aromatic nitrogens is 2. The highest BCUT2D eigenvalue weighted by molar-refractivity contribution is 5.87. The number of hydrogen-bond donors (Lipinski definition) is 2. The molecule has 0 spiro atoms. The molecule has 2 heterocycles. The lowest BCUT2D eigenvalue weighted by atomic mass is 9.95. The zero-order valence-electron chi connectivity index (χ0n) is 11.6. The maximum atomic E-state index is 10.6. The van der Waals surface area contributed by atoms with Crippen molar-refractivity contribution in [2.24, 2.45) is 0 Å². The van der Waals surface area contributed by atoms with Gasteiger partial charge in [0, 0.05) is 22.7 Å². The predicted octanol–water partition coefficient (Wildman–Crippen LogP) is 3.32. The zero-order chi connectivity index (χ0) is 14.4. The molecule has 4 rings (SSSR count). The van der Waals surface area contributed by atoms with E-state index in [2.05, 4.69) is 4.98 Å². The summed E-state index contributed by atoms with van der Waals surface area (Å²) in [5.74, 6) is 0.331. The minimum absolute atomic E-state index is 0.165. The lowest BCUT2D eigenvalue weighted by Gasteiger charge is -2.10. The third-order valence-corrected chi connectivity index (χ3v) is 4.29. The van der Waals surface area contributed by atoms with Crippen LogP contribution in [0.15, 0.2) is 36.5 Å². The van der Waals surface area contributed by atoms with Gasteiger partial charge in [-0.2, -0.15) is 0 Å². The van der Waals surface area contributed by atoms with E-state index in [9.17, 15) is 10.2 Å². The number of benzene rings is 1. The second kappa shape index (κ2) is 4.52. The molecule has 0 saturated heterocycles. The molecule has 4 heteroatoms. The first-order valence-electron chi connectivity index (χ1n) is 7.26. The Bertz CT molecular complexity index is 801. The Labute approximate surface area is 122 Å². The lowest BCUT2D eigenvalue weighted by Crippen LogP contribution is -1.98. The summed E-state index contributed by atoms with van der Waals surface area (Å²) in [4.78, 5) is 4.33. The van der Waals surface area contributed by atoms with Crippen molar-refractivity contribution in [3.05, 3.63) is 47.7 Å². The van der Waals surface area contributed by atoms with Crippen molar-refractivity contribution < 1.29 is 10.2 Å². The third kappa shape index (κ3) is 1.72. The molecule has 0 amide bonds. The van der Waals surface area contributed by atoms with Crippen LogP contribution in [0.4, 0.5) is 0 Å². The summed E-state index contributed by atoms with van der Waals surface area (Å²) in [6.07, 6.45) is 5.50. The number of hydrogen-bond acceptors (Lipinski definition) is 3. The van der Waals surface area contributed by atoms with Crippen molar-refractivity contribution in [3.8, 4) is 17.4 Å². The fraction of sp³-hybridized carbons (Fsp3) is 0.235. The van der Waals surface area contributed by atoms with Crippen LogP contribution in [0.2, 0.25) is 0 Å². The van der Waals surface area contributed by atoms with Crippen molar-refractivity contribution in [1.29, 1.82) is 0 Å². The maximum absolute atomic E-state index is 10.6. The van der Waals surface area contributed by atoms with Gasteiger partial charge in [0.05, 0.1) is 11.2 Å². The van der Waals surface area contributed by atoms with Crippen LogP contribution in [0, 0.1) is 0 Å². The normalized spacial score (nSPS) is 14.3. The van der Waals surface area contributed by atoms with Crippen LogP contribution < -0.4 is 0 Å². The first kappa shape index (κ1) is 12.3. The van der Waals surface area contributed by atoms with Crippen molar-refractivity contribution in [3.63, 3.8) is 0 Å². The van der Waals surface area contributed by atoms with Crippen LogP contribution in [0.25, 0.3) is 16.6 Å². The van der Waals surface area contributed by atoms with Gasteiger partial charge in [0.2, 0.25) is 11.8 Å². The van der Waals surface area contributed by atoms with Crippen molar-refractivity contribution in [1.82, 2.24) is 9.55 Å². The minimum atomic E-state index is 0.165. The van der Waals surface area contributed by atoms with Crippen LogP contribution in [0.1, 0.15) is 24.0 Å². The highest BCUT2D eigenvalue weighted by Crippen LogP contribution is 2.41. The average molecular weight is 280 g/mol. The Morgan fingerprint density at radius 3 is 2.33 bits per heavy atom. The number of rotatable bonds is 1. The Morgan fingerprint density at radius 2 is 1.62 bits per heavy atom. The molecule has 0 saturated carbocycles. The van der Waals surface area contributed by atoms with Gasteiger partial charge in [-0.25, -0.2) is 0 Å². The fourth-order valence-corrected chi connectivity index (χ4v) is 3.28. The zero-order valence-corrected chi connectivity index (χ0v) is 11.6. The van der Waals surface area contributed by atoms with Gasteiger partial charge in [0.15, 0.2) is 0 Å². The maximum Gasteiger partial charge on any atom is 0.202 e. The van der Waals surface area contributed by atoms with Crippen LogP contribution >= 0.6 is 0 Å². The summed E-state index contributed by atoms with van der Waals surface area (Å²) in [7, 11) is 0. The first-order valence-corrected chi connectivity index (χ1v) is 7.26. The van der Waals surface area contributed by atoms with Gasteiger partial charge >= 0.3 is 0 Å². The van der Waals surface area contributed by atoms with E-state index in [4.69, 9.17) is 0 Å². The largest absolute Gasteiger partial charge is 0.494 e. The molecule has 21 heavy (non-hydrogen) atoms. The molecule has 0 unspecified atom stereocenters. The van der Waals surface area contributed by atoms with Gasteiger partial charge in [-0.1, -0.05) is 6.07 Å². The monoisotopic (exact) mass is 280 g/mol. The molecule has 2 N–H and O–H groups in total. The quantitative estimate of drug-likeness (QED) is 0.719. The Hall–Kier alpha value is -2.49. The second-order valence-electron chi connectivity index (χ2n) is 5.49. The third-order valence-electron chi connectivity index (χ3n) is 4.29. The topological polar surface area (TPSA) is 58.3 Å². The minimum Gasteiger partial charge on any atom is -0.494 e.